The van der Waals surface area contributed by atoms with E-state index in [2.05, 4.69) is 4.98 Å². The lowest BCUT2D eigenvalue weighted by molar-refractivity contribution is -0.137. The fraction of sp³-hybridized carbons (Fsp3) is 0.222. The molecular formula is C9H7F3N2O. The minimum atomic E-state index is -4.37. The quantitative estimate of drug-likeness (QED) is 0.789. The van der Waals surface area contributed by atoms with Crippen molar-refractivity contribution in [3.8, 4) is 0 Å². The van der Waals surface area contributed by atoms with Gasteiger partial charge in [0.25, 0.3) is 0 Å². The molecule has 0 bridgehead atoms. The Kier molecular flexibility index (Phi) is 2.15. The van der Waals surface area contributed by atoms with E-state index in [-0.39, 0.29) is 12.3 Å². The Balaban J connectivity index is 2.55. The Bertz CT molecular complexity index is 490. The van der Waals surface area contributed by atoms with Crippen LogP contribution in [-0.2, 0) is 12.8 Å². The summed E-state index contributed by atoms with van der Waals surface area (Å²) in [5, 5.41) is 8.77. The predicted molar refractivity (Wildman–Crippen MR) is 46.1 cm³/mol. The third-order valence-corrected chi connectivity index (χ3v) is 2.00. The van der Waals surface area contributed by atoms with Crippen molar-refractivity contribution in [1.82, 2.24) is 9.38 Å². The standard InChI is InChI=1S/C9H7F3N2O/c10-9(11,12)6-1-2-14-4-7(5-15)13-8(14)3-6/h1-4,15H,5H2. The molecule has 2 rings (SSSR count). The number of nitrogens with zero attached hydrogens (tertiary/aromatic N) is 2. The number of fused-ring (bicyclic) bond motifs is 1. The average molecular weight is 216 g/mol. The van der Waals surface area contributed by atoms with Crippen molar-refractivity contribution in [2.75, 3.05) is 0 Å². The Morgan fingerprint density at radius 2 is 2.13 bits per heavy atom. The lowest BCUT2D eigenvalue weighted by Crippen LogP contribution is -2.05. The number of alkyl halides is 3. The van der Waals surface area contributed by atoms with Crippen LogP contribution in [0.4, 0.5) is 13.2 Å². The zero-order valence-corrected chi connectivity index (χ0v) is 7.49. The van der Waals surface area contributed by atoms with E-state index in [0.29, 0.717) is 5.69 Å². The summed E-state index contributed by atoms with van der Waals surface area (Å²) in [4.78, 5) is 3.82. The summed E-state index contributed by atoms with van der Waals surface area (Å²) in [6.45, 7) is -0.289. The molecule has 0 aliphatic heterocycles. The maximum atomic E-state index is 12.3. The number of hydrogen-bond acceptors (Lipinski definition) is 2. The number of hydrogen-bond donors (Lipinski definition) is 1. The number of pyridine rings is 1. The molecule has 0 spiro atoms. The monoisotopic (exact) mass is 216 g/mol. The number of halogens is 3. The minimum Gasteiger partial charge on any atom is -0.390 e. The van der Waals surface area contributed by atoms with Gasteiger partial charge in [-0.3, -0.25) is 0 Å². The summed E-state index contributed by atoms with van der Waals surface area (Å²) < 4.78 is 38.4. The lowest BCUT2D eigenvalue weighted by Gasteiger charge is -2.05. The van der Waals surface area contributed by atoms with Crippen molar-refractivity contribution in [2.45, 2.75) is 12.8 Å². The maximum Gasteiger partial charge on any atom is 0.416 e. The molecule has 15 heavy (non-hydrogen) atoms. The van der Waals surface area contributed by atoms with Crippen LogP contribution in [0.5, 0.6) is 0 Å². The molecule has 2 aromatic rings. The Labute approximate surface area is 82.8 Å². The second-order valence-electron chi connectivity index (χ2n) is 3.07. The Morgan fingerprint density at radius 1 is 1.40 bits per heavy atom. The van der Waals surface area contributed by atoms with E-state index in [9.17, 15) is 13.2 Å². The second kappa shape index (κ2) is 3.23. The first kappa shape index (κ1) is 9.97. The lowest BCUT2D eigenvalue weighted by atomic mass is 10.2. The Morgan fingerprint density at radius 3 is 2.73 bits per heavy atom. The van der Waals surface area contributed by atoms with E-state index < -0.39 is 11.7 Å². The van der Waals surface area contributed by atoms with Gasteiger partial charge in [0, 0.05) is 12.4 Å². The van der Waals surface area contributed by atoms with Crippen LogP contribution >= 0.6 is 0 Å². The molecule has 1 N–H and O–H groups in total. The van der Waals surface area contributed by atoms with Crippen LogP contribution in [0, 0.1) is 0 Å². The molecule has 0 unspecified atom stereocenters. The van der Waals surface area contributed by atoms with Gasteiger partial charge in [0.15, 0.2) is 0 Å². The molecule has 2 aromatic heterocycles. The molecule has 6 heteroatoms. The molecular weight excluding hydrogens is 209 g/mol. The van der Waals surface area contributed by atoms with Crippen LogP contribution in [0.1, 0.15) is 11.3 Å². The number of aliphatic hydroxyl groups is 1. The first-order valence-electron chi connectivity index (χ1n) is 4.16. The summed E-state index contributed by atoms with van der Waals surface area (Å²) in [5.74, 6) is 0. The number of aliphatic hydroxyl groups excluding tert-OH is 1. The molecule has 0 aliphatic rings. The normalized spacial score (nSPS) is 12.3. The highest BCUT2D eigenvalue weighted by molar-refractivity contribution is 5.43. The van der Waals surface area contributed by atoms with E-state index >= 15 is 0 Å². The van der Waals surface area contributed by atoms with E-state index in [1.165, 1.54) is 16.8 Å². The van der Waals surface area contributed by atoms with Crippen molar-refractivity contribution in [1.29, 1.82) is 0 Å². The molecule has 0 radical (unpaired) electrons. The van der Waals surface area contributed by atoms with Crippen LogP contribution in [-0.4, -0.2) is 14.5 Å². The minimum absolute atomic E-state index is 0.175. The molecule has 0 aliphatic carbocycles. The topological polar surface area (TPSA) is 37.5 Å². The van der Waals surface area contributed by atoms with Gasteiger partial charge in [0.2, 0.25) is 0 Å². The smallest absolute Gasteiger partial charge is 0.390 e. The van der Waals surface area contributed by atoms with Gasteiger partial charge >= 0.3 is 6.18 Å². The van der Waals surface area contributed by atoms with E-state index in [4.69, 9.17) is 5.11 Å². The third-order valence-electron chi connectivity index (χ3n) is 2.00. The molecule has 3 nitrogen and oxygen atoms in total. The predicted octanol–water partition coefficient (Wildman–Crippen LogP) is 1.85. The molecule has 2 heterocycles. The molecule has 0 aromatic carbocycles. The van der Waals surface area contributed by atoms with Gasteiger partial charge in [-0.15, -0.1) is 0 Å². The summed E-state index contributed by atoms with van der Waals surface area (Å²) in [6, 6.07) is 1.91. The fourth-order valence-corrected chi connectivity index (χ4v) is 1.29. The summed E-state index contributed by atoms with van der Waals surface area (Å²) in [6.07, 6.45) is -1.62. The van der Waals surface area contributed by atoms with Crippen LogP contribution < -0.4 is 0 Å². The van der Waals surface area contributed by atoms with Crippen LogP contribution in [0.15, 0.2) is 24.5 Å². The molecule has 0 atom stereocenters. The zero-order valence-electron chi connectivity index (χ0n) is 7.49. The van der Waals surface area contributed by atoms with E-state index in [1.807, 2.05) is 0 Å². The molecule has 0 amide bonds. The van der Waals surface area contributed by atoms with Crippen molar-refractivity contribution in [3.05, 3.63) is 35.8 Å². The summed E-state index contributed by atoms with van der Waals surface area (Å²) in [5.41, 5.74) is -0.228. The highest BCUT2D eigenvalue weighted by Crippen LogP contribution is 2.29. The fourth-order valence-electron chi connectivity index (χ4n) is 1.29. The van der Waals surface area contributed by atoms with Gasteiger partial charge in [0.1, 0.15) is 5.65 Å². The summed E-state index contributed by atoms with van der Waals surface area (Å²) in [7, 11) is 0. The molecule has 80 valence electrons. The first-order chi connectivity index (χ1) is 7.00. The first-order valence-corrected chi connectivity index (χ1v) is 4.16. The van der Waals surface area contributed by atoms with Crippen LogP contribution in [0.3, 0.4) is 0 Å². The van der Waals surface area contributed by atoms with Gasteiger partial charge in [-0.2, -0.15) is 13.2 Å². The van der Waals surface area contributed by atoms with Gasteiger partial charge in [-0.1, -0.05) is 0 Å². The highest BCUT2D eigenvalue weighted by Gasteiger charge is 2.30. The second-order valence-corrected chi connectivity index (χ2v) is 3.07. The molecule has 0 fully saturated rings. The van der Waals surface area contributed by atoms with E-state index in [0.717, 1.165) is 12.1 Å². The van der Waals surface area contributed by atoms with Crippen LogP contribution in [0.25, 0.3) is 5.65 Å². The van der Waals surface area contributed by atoms with Crippen molar-refractivity contribution >= 4 is 5.65 Å². The largest absolute Gasteiger partial charge is 0.416 e. The van der Waals surface area contributed by atoms with Gasteiger partial charge in [-0.25, -0.2) is 4.98 Å². The number of rotatable bonds is 1. The van der Waals surface area contributed by atoms with Crippen molar-refractivity contribution in [3.63, 3.8) is 0 Å². The average Bonchev–Trinajstić information content (AvgIpc) is 2.57. The SMILES string of the molecule is OCc1cn2ccc(C(F)(F)F)cc2n1. The highest BCUT2D eigenvalue weighted by atomic mass is 19.4. The third kappa shape index (κ3) is 1.80. The van der Waals surface area contributed by atoms with Crippen molar-refractivity contribution < 1.29 is 18.3 Å². The maximum absolute atomic E-state index is 12.3. The van der Waals surface area contributed by atoms with Gasteiger partial charge < -0.3 is 9.51 Å². The number of aromatic nitrogens is 2. The van der Waals surface area contributed by atoms with Crippen molar-refractivity contribution in [2.24, 2.45) is 0 Å². The van der Waals surface area contributed by atoms with Gasteiger partial charge in [-0.05, 0) is 12.1 Å². The number of imidazole rings is 1. The van der Waals surface area contributed by atoms with Gasteiger partial charge in [0.05, 0.1) is 17.9 Å². The van der Waals surface area contributed by atoms with Crippen LogP contribution in [0.2, 0.25) is 0 Å². The Hall–Kier alpha value is -1.56. The molecule has 0 saturated heterocycles. The summed E-state index contributed by atoms with van der Waals surface area (Å²) >= 11 is 0. The molecule has 0 saturated carbocycles. The zero-order chi connectivity index (χ0) is 11.1. The van der Waals surface area contributed by atoms with E-state index in [1.54, 1.807) is 0 Å².